The molecule has 1 aromatic heterocycles. The van der Waals surface area contributed by atoms with Gasteiger partial charge in [-0.2, -0.15) is 5.10 Å². The van der Waals surface area contributed by atoms with Crippen molar-refractivity contribution in [3.05, 3.63) is 18.0 Å². The highest BCUT2D eigenvalue weighted by atomic mass is 16.2. The zero-order valence-electron chi connectivity index (χ0n) is 12.3. The van der Waals surface area contributed by atoms with Crippen LogP contribution < -0.4 is 5.32 Å². The van der Waals surface area contributed by atoms with Crippen molar-refractivity contribution in [2.24, 2.45) is 5.92 Å². The Morgan fingerprint density at radius 2 is 2.26 bits per heavy atom. The number of hydrogen-bond donors (Lipinski definition) is 1. The van der Waals surface area contributed by atoms with E-state index in [0.29, 0.717) is 11.5 Å². The molecule has 1 aliphatic heterocycles. The van der Waals surface area contributed by atoms with Crippen LogP contribution in [0.15, 0.2) is 12.4 Å². The number of likely N-dealkylation sites (tertiary alicyclic amines) is 1. The highest BCUT2D eigenvalue weighted by Crippen LogP contribution is 2.19. The maximum atomic E-state index is 12.4. The summed E-state index contributed by atoms with van der Waals surface area (Å²) >= 11 is 0. The lowest BCUT2D eigenvalue weighted by Crippen LogP contribution is -2.30. The Hall–Kier alpha value is -1.36. The molecule has 5 heteroatoms. The van der Waals surface area contributed by atoms with Crippen LogP contribution in [0.5, 0.6) is 0 Å². The lowest BCUT2D eigenvalue weighted by atomic mass is 10.1. The molecule has 2 heterocycles. The van der Waals surface area contributed by atoms with Crippen molar-refractivity contribution >= 4 is 5.91 Å². The zero-order chi connectivity index (χ0) is 14.0. The van der Waals surface area contributed by atoms with Crippen LogP contribution in [0, 0.1) is 5.92 Å². The lowest BCUT2D eigenvalue weighted by molar-refractivity contribution is 0.0787. The molecule has 1 saturated heterocycles. The smallest absolute Gasteiger partial charge is 0.257 e. The largest absolute Gasteiger partial charge is 0.338 e. The number of nitrogens with zero attached hydrogens (tertiary/aromatic N) is 3. The minimum Gasteiger partial charge on any atom is -0.338 e. The molecule has 1 atom stereocenters. The monoisotopic (exact) mass is 264 g/mol. The Labute approximate surface area is 115 Å². The molecule has 0 unspecified atom stereocenters. The van der Waals surface area contributed by atoms with Crippen molar-refractivity contribution in [3.8, 4) is 0 Å². The molecule has 2 rings (SSSR count). The van der Waals surface area contributed by atoms with Crippen LogP contribution in [0.3, 0.4) is 0 Å². The van der Waals surface area contributed by atoms with Crippen LogP contribution in [0.1, 0.15) is 37.6 Å². The van der Waals surface area contributed by atoms with Gasteiger partial charge < -0.3 is 10.2 Å². The van der Waals surface area contributed by atoms with Crippen molar-refractivity contribution in [1.82, 2.24) is 20.0 Å². The van der Waals surface area contributed by atoms with E-state index in [1.165, 1.54) is 0 Å². The molecule has 0 spiro atoms. The first-order chi connectivity index (χ1) is 8.91. The first-order valence-electron chi connectivity index (χ1n) is 6.91. The molecule has 1 amide bonds. The van der Waals surface area contributed by atoms with E-state index >= 15 is 0 Å². The Balaban J connectivity index is 2.03. The minimum absolute atomic E-state index is 0.0851. The van der Waals surface area contributed by atoms with Crippen molar-refractivity contribution in [3.63, 3.8) is 0 Å². The molecule has 106 valence electrons. The van der Waals surface area contributed by atoms with Crippen LogP contribution in [0.25, 0.3) is 0 Å². The molecule has 1 N–H and O–H groups in total. The molecule has 0 saturated carbocycles. The molecule has 0 bridgehead atoms. The summed E-state index contributed by atoms with van der Waals surface area (Å²) < 4.78 is 1.85. The highest BCUT2D eigenvalue weighted by molar-refractivity contribution is 5.93. The fourth-order valence-corrected chi connectivity index (χ4v) is 2.46. The standard InChI is InChI=1S/C14H24N4O/c1-14(2,3)18-10-12(8-16-18)13(19)17-6-5-11(9-17)7-15-4/h8,10-11,15H,5-7,9H2,1-4H3/t11-/m0/s1. The van der Waals surface area contributed by atoms with Gasteiger partial charge in [0.1, 0.15) is 0 Å². The van der Waals surface area contributed by atoms with Gasteiger partial charge >= 0.3 is 0 Å². The fraction of sp³-hybridized carbons (Fsp3) is 0.714. The molecule has 1 aliphatic rings. The topological polar surface area (TPSA) is 50.2 Å². The Bertz CT molecular complexity index is 447. The van der Waals surface area contributed by atoms with E-state index in [-0.39, 0.29) is 11.4 Å². The number of hydrogen-bond acceptors (Lipinski definition) is 3. The van der Waals surface area contributed by atoms with Crippen LogP contribution >= 0.6 is 0 Å². The predicted molar refractivity (Wildman–Crippen MR) is 75.2 cm³/mol. The number of carbonyl (C=O) groups is 1. The van der Waals surface area contributed by atoms with Crippen molar-refractivity contribution < 1.29 is 4.79 Å². The Morgan fingerprint density at radius 1 is 1.53 bits per heavy atom. The highest BCUT2D eigenvalue weighted by Gasteiger charge is 2.27. The van der Waals surface area contributed by atoms with Crippen LogP contribution in [-0.4, -0.2) is 47.3 Å². The maximum absolute atomic E-state index is 12.4. The van der Waals surface area contributed by atoms with E-state index in [0.717, 1.165) is 26.1 Å². The average Bonchev–Trinajstić information content (AvgIpc) is 2.96. The van der Waals surface area contributed by atoms with Gasteiger partial charge in [-0.15, -0.1) is 0 Å². The third-order valence-corrected chi connectivity index (χ3v) is 3.58. The maximum Gasteiger partial charge on any atom is 0.257 e. The summed E-state index contributed by atoms with van der Waals surface area (Å²) in [5.74, 6) is 0.681. The quantitative estimate of drug-likeness (QED) is 0.896. The van der Waals surface area contributed by atoms with Crippen LogP contribution in [0.4, 0.5) is 0 Å². The third-order valence-electron chi connectivity index (χ3n) is 3.58. The summed E-state index contributed by atoms with van der Waals surface area (Å²) in [5, 5.41) is 7.47. The Kier molecular flexibility index (Phi) is 3.94. The molecule has 0 aromatic carbocycles. The molecule has 0 aliphatic carbocycles. The van der Waals surface area contributed by atoms with Gasteiger partial charge in [0.25, 0.3) is 5.91 Å². The van der Waals surface area contributed by atoms with E-state index in [1.807, 2.05) is 22.8 Å². The zero-order valence-corrected chi connectivity index (χ0v) is 12.3. The summed E-state index contributed by atoms with van der Waals surface area (Å²) in [4.78, 5) is 14.3. The first kappa shape index (κ1) is 14.1. The number of rotatable bonds is 3. The number of carbonyl (C=O) groups excluding carboxylic acids is 1. The van der Waals surface area contributed by atoms with Crippen LogP contribution in [0.2, 0.25) is 0 Å². The second kappa shape index (κ2) is 5.33. The normalized spacial score (nSPS) is 20.0. The van der Waals surface area contributed by atoms with E-state index in [9.17, 15) is 4.79 Å². The van der Waals surface area contributed by atoms with E-state index < -0.39 is 0 Å². The van der Waals surface area contributed by atoms with Crippen molar-refractivity contribution in [1.29, 1.82) is 0 Å². The molecule has 1 aromatic rings. The summed E-state index contributed by atoms with van der Waals surface area (Å²) in [6, 6.07) is 0. The minimum atomic E-state index is -0.0851. The summed E-state index contributed by atoms with van der Waals surface area (Å²) in [6.45, 7) is 8.91. The molecular formula is C14H24N4O. The first-order valence-corrected chi connectivity index (χ1v) is 6.91. The number of amides is 1. The van der Waals surface area contributed by atoms with Gasteiger partial charge in [-0.05, 0) is 46.7 Å². The summed E-state index contributed by atoms with van der Waals surface area (Å²) in [5.41, 5.74) is 0.609. The van der Waals surface area contributed by atoms with Gasteiger partial charge in [0.15, 0.2) is 0 Å². The number of aromatic nitrogens is 2. The van der Waals surface area contributed by atoms with Gasteiger partial charge in [0, 0.05) is 19.3 Å². The van der Waals surface area contributed by atoms with Crippen molar-refractivity contribution in [2.75, 3.05) is 26.7 Å². The summed E-state index contributed by atoms with van der Waals surface area (Å²) in [7, 11) is 1.96. The summed E-state index contributed by atoms with van der Waals surface area (Å²) in [6.07, 6.45) is 4.62. The van der Waals surface area contributed by atoms with Crippen molar-refractivity contribution in [2.45, 2.75) is 32.7 Å². The van der Waals surface area contributed by atoms with Gasteiger partial charge in [-0.1, -0.05) is 0 Å². The molecule has 19 heavy (non-hydrogen) atoms. The average molecular weight is 264 g/mol. The van der Waals surface area contributed by atoms with Gasteiger partial charge in [-0.25, -0.2) is 0 Å². The van der Waals surface area contributed by atoms with E-state index in [1.54, 1.807) is 6.20 Å². The SMILES string of the molecule is CNC[C@@H]1CCN(C(=O)c2cnn(C(C)(C)C)c2)C1. The van der Waals surface area contributed by atoms with E-state index in [4.69, 9.17) is 0 Å². The number of nitrogens with one attached hydrogen (secondary N) is 1. The molecule has 1 fully saturated rings. The molecular weight excluding hydrogens is 240 g/mol. The molecule has 0 radical (unpaired) electrons. The van der Waals surface area contributed by atoms with E-state index in [2.05, 4.69) is 31.2 Å². The predicted octanol–water partition coefficient (Wildman–Crippen LogP) is 1.32. The second-order valence-corrected chi connectivity index (χ2v) is 6.31. The fourth-order valence-electron chi connectivity index (χ4n) is 2.46. The second-order valence-electron chi connectivity index (χ2n) is 6.31. The third kappa shape index (κ3) is 3.15. The van der Waals surface area contributed by atoms with Gasteiger partial charge in [0.2, 0.25) is 0 Å². The molecule has 5 nitrogen and oxygen atoms in total. The van der Waals surface area contributed by atoms with Gasteiger partial charge in [-0.3, -0.25) is 9.48 Å². The lowest BCUT2D eigenvalue weighted by Gasteiger charge is -2.19. The Morgan fingerprint density at radius 3 is 2.84 bits per heavy atom. The van der Waals surface area contributed by atoms with Crippen LogP contribution in [-0.2, 0) is 5.54 Å². The van der Waals surface area contributed by atoms with Gasteiger partial charge in [0.05, 0.1) is 17.3 Å².